The standard InChI is InChI=1S/Al.8ClH.V/h;8*1H;/q+3;;;;;;;;;/p-8. The van der Waals surface area contributed by atoms with Gasteiger partial charge in [-0.1, -0.05) is 0 Å². The van der Waals surface area contributed by atoms with Crippen molar-refractivity contribution in [3.05, 3.63) is 0 Å². The minimum atomic E-state index is 0. The molecule has 0 N–H and O–H groups in total. The molecule has 1 radical (unpaired) electrons. The summed E-state index contributed by atoms with van der Waals surface area (Å²) in [7, 11) is 0. The first-order chi connectivity index (χ1) is 0. The largest absolute Gasteiger partial charge is 3.00 e. The van der Waals surface area contributed by atoms with Crippen molar-refractivity contribution in [1.29, 1.82) is 0 Å². The first-order valence-electron chi connectivity index (χ1n) is 0. The average molecular weight is 362 g/mol. The van der Waals surface area contributed by atoms with Crippen molar-refractivity contribution in [1.82, 2.24) is 0 Å². The summed E-state index contributed by atoms with van der Waals surface area (Å²) in [5.74, 6) is 0. The number of hydrogen-bond acceptors (Lipinski definition) is 0. The van der Waals surface area contributed by atoms with Crippen LogP contribution in [0.25, 0.3) is 0 Å². The minimum Gasteiger partial charge on any atom is -1.00 e. The topological polar surface area (TPSA) is 0 Å². The number of hydrogen-bond donors (Lipinski definition) is 0. The van der Waals surface area contributed by atoms with Crippen LogP contribution in [-0.4, -0.2) is 17.4 Å². The summed E-state index contributed by atoms with van der Waals surface area (Å²) in [6, 6.07) is 0. The SMILES string of the molecule is [Al+3].[Cl-].[Cl-].[Cl-].[Cl-].[Cl-].[Cl-].[Cl-].[Cl-].[V]. The Morgan fingerprint density at radius 3 is 0.300 bits per heavy atom. The van der Waals surface area contributed by atoms with Gasteiger partial charge in [0.05, 0.1) is 0 Å². The van der Waals surface area contributed by atoms with Crippen molar-refractivity contribution in [3.8, 4) is 0 Å². The zero-order chi connectivity index (χ0) is 0. The Bertz CT molecular complexity index is 9.22. The van der Waals surface area contributed by atoms with Crippen LogP contribution in [0, 0.1) is 0 Å². The van der Waals surface area contributed by atoms with Gasteiger partial charge in [0, 0.05) is 18.6 Å². The molecule has 0 bridgehead atoms. The Hall–Kier alpha value is 3.44. The molecule has 0 aromatic carbocycles. The molecule has 0 amide bonds. The van der Waals surface area contributed by atoms with Gasteiger partial charge in [-0.05, 0) is 0 Å². The van der Waals surface area contributed by atoms with E-state index in [0.29, 0.717) is 0 Å². The summed E-state index contributed by atoms with van der Waals surface area (Å²) in [6.07, 6.45) is 0. The molecular weight excluding hydrogens is 362 g/mol. The van der Waals surface area contributed by atoms with Gasteiger partial charge in [0.1, 0.15) is 0 Å². The third kappa shape index (κ3) is 105. The molecule has 0 heterocycles. The summed E-state index contributed by atoms with van der Waals surface area (Å²) in [6.45, 7) is 0. The van der Waals surface area contributed by atoms with Crippen molar-refractivity contribution in [2.24, 2.45) is 0 Å². The summed E-state index contributed by atoms with van der Waals surface area (Å²) in [4.78, 5) is 0. The summed E-state index contributed by atoms with van der Waals surface area (Å²) < 4.78 is 0. The van der Waals surface area contributed by atoms with Crippen LogP contribution in [0.4, 0.5) is 0 Å². The molecule has 10 heavy (non-hydrogen) atoms. The molecule has 0 aromatic rings. The molecule has 0 saturated carbocycles. The van der Waals surface area contributed by atoms with E-state index in [9.17, 15) is 0 Å². The van der Waals surface area contributed by atoms with Gasteiger partial charge in [-0.25, -0.2) is 0 Å². The maximum Gasteiger partial charge on any atom is 3.00 e. The number of rotatable bonds is 0. The van der Waals surface area contributed by atoms with E-state index in [1.54, 1.807) is 0 Å². The molecule has 0 saturated heterocycles. The van der Waals surface area contributed by atoms with Gasteiger partial charge in [0.25, 0.3) is 0 Å². The third-order valence-electron chi connectivity index (χ3n) is 0. The second kappa shape index (κ2) is 138. The molecule has 0 nitrogen and oxygen atoms in total. The van der Waals surface area contributed by atoms with Gasteiger partial charge >= 0.3 is 17.4 Å². The van der Waals surface area contributed by atoms with Gasteiger partial charge in [0.2, 0.25) is 0 Å². The van der Waals surface area contributed by atoms with E-state index < -0.39 is 0 Å². The minimum absolute atomic E-state index is 0. The van der Waals surface area contributed by atoms with Crippen LogP contribution in [0.2, 0.25) is 0 Å². The zero-order valence-electron chi connectivity index (χ0n) is 4.05. The van der Waals surface area contributed by atoms with Crippen LogP contribution in [-0.2, 0) is 18.6 Å². The predicted molar refractivity (Wildman–Crippen MR) is 5.75 cm³/mol. The predicted octanol–water partition coefficient (Wildman–Crippen LogP) is -24.4. The monoisotopic (exact) mass is 358 g/mol. The van der Waals surface area contributed by atoms with Gasteiger partial charge in [-0.2, -0.15) is 0 Å². The first kappa shape index (κ1) is 176. The van der Waals surface area contributed by atoms with Crippen LogP contribution in [0.5, 0.6) is 0 Å². The summed E-state index contributed by atoms with van der Waals surface area (Å²) in [5.41, 5.74) is 0. The van der Waals surface area contributed by atoms with Crippen molar-refractivity contribution in [3.63, 3.8) is 0 Å². The average Bonchev–Trinajstić information content (AvgIpc) is 0. The van der Waals surface area contributed by atoms with E-state index in [2.05, 4.69) is 0 Å². The second-order valence-electron chi connectivity index (χ2n) is 0. The second-order valence-corrected chi connectivity index (χ2v) is 0. The Labute approximate surface area is 133 Å². The molecule has 0 aromatic heterocycles. The fourth-order valence-electron chi connectivity index (χ4n) is 0. The molecule has 0 spiro atoms. The van der Waals surface area contributed by atoms with Crippen LogP contribution < -0.4 is 99.3 Å². The fraction of sp³-hybridized carbons (Fsp3) is 0. The van der Waals surface area contributed by atoms with Crippen LogP contribution >= 0.6 is 0 Å². The molecule has 0 aliphatic carbocycles. The summed E-state index contributed by atoms with van der Waals surface area (Å²) in [5, 5.41) is 0. The Balaban J connectivity index is 0. The van der Waals surface area contributed by atoms with Crippen LogP contribution in [0.1, 0.15) is 0 Å². The smallest absolute Gasteiger partial charge is 1.00 e. The first-order valence-corrected chi connectivity index (χ1v) is 0. The normalized spacial score (nSPS) is 0. The van der Waals surface area contributed by atoms with Crippen molar-refractivity contribution in [2.75, 3.05) is 0 Å². The maximum atomic E-state index is 0. The molecule has 0 aliphatic rings. The molecule has 0 fully saturated rings. The maximum absolute atomic E-state index is 0. The van der Waals surface area contributed by atoms with Gasteiger partial charge in [0.15, 0.2) is 0 Å². The van der Waals surface area contributed by atoms with E-state index in [1.807, 2.05) is 0 Å². The van der Waals surface area contributed by atoms with Crippen LogP contribution in [0.3, 0.4) is 0 Å². The van der Waals surface area contributed by atoms with E-state index in [4.69, 9.17) is 0 Å². The summed E-state index contributed by atoms with van der Waals surface area (Å²) >= 11 is 0. The molecule has 69 valence electrons. The van der Waals surface area contributed by atoms with Gasteiger partial charge < -0.3 is 99.3 Å². The Morgan fingerprint density at radius 2 is 0.300 bits per heavy atom. The van der Waals surface area contributed by atoms with E-state index in [0.717, 1.165) is 0 Å². The van der Waals surface area contributed by atoms with Gasteiger partial charge in [-0.15, -0.1) is 0 Å². The third-order valence-corrected chi connectivity index (χ3v) is 0. The molecular formula is AlCl8V-5. The van der Waals surface area contributed by atoms with Gasteiger partial charge in [-0.3, -0.25) is 0 Å². The van der Waals surface area contributed by atoms with Crippen molar-refractivity contribution in [2.45, 2.75) is 0 Å². The molecule has 0 aliphatic heterocycles. The Kier molecular flexibility index (Phi) is 2420. The Morgan fingerprint density at radius 1 is 0.300 bits per heavy atom. The fourth-order valence-corrected chi connectivity index (χ4v) is 0. The van der Waals surface area contributed by atoms with E-state index >= 15 is 0 Å². The molecule has 0 atom stereocenters. The zero-order valence-corrected chi connectivity index (χ0v) is 12.6. The van der Waals surface area contributed by atoms with E-state index in [1.165, 1.54) is 0 Å². The molecule has 10 heteroatoms. The molecule has 0 unspecified atom stereocenters. The number of halogens is 8. The van der Waals surface area contributed by atoms with Crippen molar-refractivity contribution < 1.29 is 118 Å². The van der Waals surface area contributed by atoms with Crippen LogP contribution in [0.15, 0.2) is 0 Å². The van der Waals surface area contributed by atoms with E-state index in [-0.39, 0.29) is 135 Å². The molecule has 0 rings (SSSR count). The quantitative estimate of drug-likeness (QED) is 0.376. The van der Waals surface area contributed by atoms with Crippen molar-refractivity contribution >= 4 is 17.4 Å².